The average Bonchev–Trinajstić information content (AvgIpc) is 3.14. The number of allylic oxidation sites excluding steroid dienone is 1. The Bertz CT molecular complexity index is 860. The minimum absolute atomic E-state index is 0.110. The Morgan fingerprint density at radius 3 is 2.47 bits per heavy atom. The highest BCUT2D eigenvalue weighted by Crippen LogP contribution is 2.28. The van der Waals surface area contributed by atoms with Gasteiger partial charge in [0.25, 0.3) is 0 Å². The zero-order chi connectivity index (χ0) is 21.7. The molecule has 1 aromatic heterocycles. The summed E-state index contributed by atoms with van der Waals surface area (Å²) in [6, 6.07) is 8.88. The molecular formula is C24H34N4OS. The van der Waals surface area contributed by atoms with Gasteiger partial charge in [0, 0.05) is 25.2 Å². The highest BCUT2D eigenvalue weighted by Gasteiger charge is 2.23. The summed E-state index contributed by atoms with van der Waals surface area (Å²) in [6.45, 7) is 11.1. The van der Waals surface area contributed by atoms with Gasteiger partial charge in [0.05, 0.1) is 5.75 Å². The van der Waals surface area contributed by atoms with E-state index < -0.39 is 0 Å². The molecule has 0 N–H and O–H groups in total. The smallest absolute Gasteiger partial charge is 0.233 e. The molecule has 0 spiro atoms. The normalized spacial score (nSPS) is 15.2. The van der Waals surface area contributed by atoms with Crippen molar-refractivity contribution < 1.29 is 4.79 Å². The number of aromatic nitrogens is 3. The van der Waals surface area contributed by atoms with Crippen molar-refractivity contribution in [3.05, 3.63) is 42.5 Å². The maximum absolute atomic E-state index is 12.7. The second-order valence-corrected chi connectivity index (χ2v) is 10.1. The number of hydrogen-bond acceptors (Lipinski definition) is 4. The third-order valence-corrected chi connectivity index (χ3v) is 6.83. The van der Waals surface area contributed by atoms with Gasteiger partial charge in [-0.25, -0.2) is 0 Å². The number of benzene rings is 1. The molecule has 1 amide bonds. The molecule has 0 unspecified atom stereocenters. The molecule has 1 aliphatic carbocycles. The standard InChI is InChI=1S/C24H34N4OS/c1-6-16-28-22(18-12-14-19(15-13-18)24(2,3)4)25-26-23(28)30-17-21(29)27(5)20-10-8-7-9-11-20/h6,12-15,20H,1,7-11,16-17H2,2-5H3. The van der Waals surface area contributed by atoms with E-state index >= 15 is 0 Å². The molecular weight excluding hydrogens is 392 g/mol. The van der Waals surface area contributed by atoms with Crippen molar-refractivity contribution in [2.45, 2.75) is 76.0 Å². The van der Waals surface area contributed by atoms with Crippen LogP contribution in [0, 0.1) is 0 Å². The quantitative estimate of drug-likeness (QED) is 0.445. The molecule has 0 saturated heterocycles. The third kappa shape index (κ3) is 5.34. The van der Waals surface area contributed by atoms with Crippen LogP contribution in [0.4, 0.5) is 0 Å². The van der Waals surface area contributed by atoms with Gasteiger partial charge in [0.1, 0.15) is 0 Å². The first-order valence-corrected chi connectivity index (χ1v) is 11.8. The van der Waals surface area contributed by atoms with E-state index in [0.29, 0.717) is 18.3 Å². The van der Waals surface area contributed by atoms with Crippen molar-refractivity contribution in [3.63, 3.8) is 0 Å². The molecule has 1 aliphatic rings. The predicted octanol–water partition coefficient (Wildman–Crippen LogP) is 5.31. The van der Waals surface area contributed by atoms with E-state index in [2.05, 4.69) is 61.8 Å². The molecule has 1 saturated carbocycles. The topological polar surface area (TPSA) is 51.0 Å². The minimum Gasteiger partial charge on any atom is -0.342 e. The molecule has 0 atom stereocenters. The highest BCUT2D eigenvalue weighted by molar-refractivity contribution is 7.99. The zero-order valence-corrected chi connectivity index (χ0v) is 19.5. The lowest BCUT2D eigenvalue weighted by molar-refractivity contribution is -0.129. The first-order valence-electron chi connectivity index (χ1n) is 10.8. The molecule has 1 aromatic carbocycles. The lowest BCUT2D eigenvalue weighted by Crippen LogP contribution is -2.39. The van der Waals surface area contributed by atoms with E-state index in [1.165, 1.54) is 36.6 Å². The van der Waals surface area contributed by atoms with Gasteiger partial charge < -0.3 is 4.90 Å². The van der Waals surface area contributed by atoms with Crippen LogP contribution in [0.1, 0.15) is 58.4 Å². The van der Waals surface area contributed by atoms with E-state index in [9.17, 15) is 4.79 Å². The maximum Gasteiger partial charge on any atom is 0.233 e. The fraction of sp³-hybridized carbons (Fsp3) is 0.542. The summed E-state index contributed by atoms with van der Waals surface area (Å²) in [5, 5.41) is 9.57. The fourth-order valence-electron chi connectivity index (χ4n) is 3.92. The molecule has 0 aliphatic heterocycles. The van der Waals surface area contributed by atoms with Crippen LogP contribution in [0.2, 0.25) is 0 Å². The molecule has 6 heteroatoms. The zero-order valence-electron chi connectivity index (χ0n) is 18.7. The molecule has 1 heterocycles. The first-order chi connectivity index (χ1) is 14.3. The predicted molar refractivity (Wildman–Crippen MR) is 125 cm³/mol. The van der Waals surface area contributed by atoms with Crippen molar-refractivity contribution in [1.82, 2.24) is 19.7 Å². The second-order valence-electron chi connectivity index (χ2n) is 9.12. The number of carbonyl (C=O) groups is 1. The molecule has 3 rings (SSSR count). The Morgan fingerprint density at radius 1 is 1.20 bits per heavy atom. The van der Waals surface area contributed by atoms with Crippen LogP contribution in [0.3, 0.4) is 0 Å². The van der Waals surface area contributed by atoms with E-state index in [0.717, 1.165) is 29.4 Å². The molecule has 1 fully saturated rings. The third-order valence-electron chi connectivity index (χ3n) is 5.88. The van der Waals surface area contributed by atoms with Gasteiger partial charge in [0.2, 0.25) is 5.91 Å². The number of thioether (sulfide) groups is 1. The van der Waals surface area contributed by atoms with Crippen LogP contribution in [-0.2, 0) is 16.8 Å². The van der Waals surface area contributed by atoms with E-state index in [1.807, 2.05) is 22.6 Å². The Labute approximate surface area is 185 Å². The summed E-state index contributed by atoms with van der Waals surface area (Å²) in [6.07, 6.45) is 7.82. The monoisotopic (exact) mass is 426 g/mol. The summed E-state index contributed by atoms with van der Waals surface area (Å²) in [5.74, 6) is 1.35. The number of hydrogen-bond donors (Lipinski definition) is 0. The van der Waals surface area contributed by atoms with Crippen LogP contribution in [0.25, 0.3) is 11.4 Å². The van der Waals surface area contributed by atoms with E-state index in [1.54, 1.807) is 0 Å². The van der Waals surface area contributed by atoms with Gasteiger partial charge in [-0.15, -0.1) is 16.8 Å². The number of amides is 1. The Hall–Kier alpha value is -2.08. The summed E-state index contributed by atoms with van der Waals surface area (Å²) in [7, 11) is 1.94. The van der Waals surface area contributed by atoms with Crippen molar-refractivity contribution in [2.24, 2.45) is 0 Å². The van der Waals surface area contributed by atoms with E-state index in [4.69, 9.17) is 0 Å². The lowest BCUT2D eigenvalue weighted by Gasteiger charge is -2.31. The fourth-order valence-corrected chi connectivity index (χ4v) is 4.79. The van der Waals surface area contributed by atoms with Crippen LogP contribution in [0.15, 0.2) is 42.1 Å². The minimum atomic E-state index is 0.110. The van der Waals surface area contributed by atoms with Crippen LogP contribution < -0.4 is 0 Å². The summed E-state index contributed by atoms with van der Waals surface area (Å²) < 4.78 is 2.04. The molecule has 162 valence electrons. The molecule has 0 bridgehead atoms. The summed E-state index contributed by atoms with van der Waals surface area (Å²) in [4.78, 5) is 14.7. The lowest BCUT2D eigenvalue weighted by atomic mass is 9.87. The van der Waals surface area contributed by atoms with Crippen LogP contribution in [0.5, 0.6) is 0 Å². The number of nitrogens with zero attached hydrogens (tertiary/aromatic N) is 4. The van der Waals surface area contributed by atoms with Gasteiger partial charge in [-0.05, 0) is 23.8 Å². The highest BCUT2D eigenvalue weighted by atomic mass is 32.2. The Balaban J connectivity index is 1.72. The molecule has 30 heavy (non-hydrogen) atoms. The van der Waals surface area contributed by atoms with E-state index in [-0.39, 0.29) is 11.3 Å². The second kappa shape index (κ2) is 9.82. The van der Waals surface area contributed by atoms with Crippen molar-refractivity contribution in [3.8, 4) is 11.4 Å². The summed E-state index contributed by atoms with van der Waals surface area (Å²) >= 11 is 1.46. The summed E-state index contributed by atoms with van der Waals surface area (Å²) in [5.41, 5.74) is 2.42. The Kier molecular flexibility index (Phi) is 7.40. The van der Waals surface area contributed by atoms with Crippen molar-refractivity contribution >= 4 is 17.7 Å². The molecule has 0 radical (unpaired) electrons. The first kappa shape index (κ1) is 22.6. The van der Waals surface area contributed by atoms with Crippen molar-refractivity contribution in [1.29, 1.82) is 0 Å². The van der Waals surface area contributed by atoms with Gasteiger partial charge in [-0.2, -0.15) is 0 Å². The number of carbonyl (C=O) groups excluding carboxylic acids is 1. The van der Waals surface area contributed by atoms with Crippen LogP contribution >= 0.6 is 11.8 Å². The van der Waals surface area contributed by atoms with Gasteiger partial charge in [0.15, 0.2) is 11.0 Å². The maximum atomic E-state index is 12.7. The van der Waals surface area contributed by atoms with Crippen molar-refractivity contribution in [2.75, 3.05) is 12.8 Å². The molecule has 2 aromatic rings. The van der Waals surface area contributed by atoms with Gasteiger partial charge in [-0.3, -0.25) is 9.36 Å². The Morgan fingerprint density at radius 2 is 1.87 bits per heavy atom. The molecule has 5 nitrogen and oxygen atoms in total. The average molecular weight is 427 g/mol. The van der Waals surface area contributed by atoms with Gasteiger partial charge in [-0.1, -0.05) is 82.1 Å². The van der Waals surface area contributed by atoms with Crippen LogP contribution in [-0.4, -0.2) is 44.4 Å². The van der Waals surface area contributed by atoms with Gasteiger partial charge >= 0.3 is 0 Å². The largest absolute Gasteiger partial charge is 0.342 e. The number of rotatable bonds is 7. The SMILES string of the molecule is C=CCn1c(SCC(=O)N(C)C2CCCCC2)nnc1-c1ccc(C(C)(C)C)cc1.